The van der Waals surface area contributed by atoms with Crippen molar-refractivity contribution in [2.45, 2.75) is 13.0 Å². The molecule has 0 radical (unpaired) electrons. The summed E-state index contributed by atoms with van der Waals surface area (Å²) in [5, 5.41) is 6.25. The first-order valence-corrected chi connectivity index (χ1v) is 9.13. The third-order valence-electron chi connectivity index (χ3n) is 4.35. The van der Waals surface area contributed by atoms with Gasteiger partial charge in [-0.1, -0.05) is 24.3 Å². The number of carbonyl (C=O) groups is 1. The van der Waals surface area contributed by atoms with Crippen LogP contribution in [-0.4, -0.2) is 19.6 Å². The van der Waals surface area contributed by atoms with Gasteiger partial charge in [0.05, 0.1) is 7.11 Å². The number of halogens is 2. The molecular formula is C23H24ClFN2O2. The maximum atomic E-state index is 13.2. The predicted molar refractivity (Wildman–Crippen MR) is 116 cm³/mol. The lowest BCUT2D eigenvalue weighted by atomic mass is 10.1. The van der Waals surface area contributed by atoms with Gasteiger partial charge in [-0.3, -0.25) is 4.79 Å². The lowest BCUT2D eigenvalue weighted by Gasteiger charge is -2.09. The Labute approximate surface area is 176 Å². The van der Waals surface area contributed by atoms with Gasteiger partial charge < -0.3 is 15.4 Å². The summed E-state index contributed by atoms with van der Waals surface area (Å²) in [6.45, 7) is 1.41. The highest BCUT2D eigenvalue weighted by Crippen LogP contribution is 2.15. The van der Waals surface area contributed by atoms with Gasteiger partial charge in [0.25, 0.3) is 5.91 Å². The quantitative estimate of drug-likeness (QED) is 0.518. The lowest BCUT2D eigenvalue weighted by Crippen LogP contribution is -2.17. The van der Waals surface area contributed by atoms with Crippen molar-refractivity contribution in [3.05, 3.63) is 95.3 Å². The standard InChI is InChI=1S/C23H23FN2O2.ClH/c1-28-22-10-8-19(9-11-22)23(27)26-21-7-3-5-18(15-21)16-25-13-12-17-4-2-6-20(24)14-17;/h2-11,14-15,25H,12-13,16H2,1H3,(H,26,27);1H. The molecule has 0 bridgehead atoms. The maximum absolute atomic E-state index is 13.2. The summed E-state index contributed by atoms with van der Waals surface area (Å²) in [4.78, 5) is 12.4. The second-order valence-corrected chi connectivity index (χ2v) is 6.44. The largest absolute Gasteiger partial charge is 0.497 e. The molecule has 0 atom stereocenters. The summed E-state index contributed by atoms with van der Waals surface area (Å²) in [5.74, 6) is 0.333. The fourth-order valence-electron chi connectivity index (χ4n) is 2.86. The van der Waals surface area contributed by atoms with Gasteiger partial charge >= 0.3 is 0 Å². The molecule has 0 spiro atoms. The Balaban J connectivity index is 0.00000300. The number of carbonyl (C=O) groups excluding carboxylic acids is 1. The Bertz CT molecular complexity index is 932. The van der Waals surface area contributed by atoms with Crippen molar-refractivity contribution in [2.75, 3.05) is 19.0 Å². The van der Waals surface area contributed by atoms with E-state index >= 15 is 0 Å². The maximum Gasteiger partial charge on any atom is 0.255 e. The lowest BCUT2D eigenvalue weighted by molar-refractivity contribution is 0.102. The molecule has 152 valence electrons. The Morgan fingerprint density at radius 1 is 0.966 bits per heavy atom. The van der Waals surface area contributed by atoms with Crippen LogP contribution in [0.5, 0.6) is 5.75 Å². The van der Waals surface area contributed by atoms with E-state index in [1.54, 1.807) is 43.5 Å². The van der Waals surface area contributed by atoms with Crippen LogP contribution in [0.25, 0.3) is 0 Å². The van der Waals surface area contributed by atoms with E-state index in [1.165, 1.54) is 6.07 Å². The van der Waals surface area contributed by atoms with Crippen LogP contribution in [0.2, 0.25) is 0 Å². The summed E-state index contributed by atoms with van der Waals surface area (Å²) < 4.78 is 18.3. The molecule has 0 aliphatic rings. The highest BCUT2D eigenvalue weighted by atomic mass is 35.5. The molecule has 3 aromatic rings. The summed E-state index contributed by atoms with van der Waals surface area (Å²) in [6, 6.07) is 21.3. The number of rotatable bonds is 8. The second kappa shape index (κ2) is 11.2. The van der Waals surface area contributed by atoms with Gasteiger partial charge in [-0.15, -0.1) is 12.4 Å². The van der Waals surface area contributed by atoms with Crippen LogP contribution in [0.1, 0.15) is 21.5 Å². The van der Waals surface area contributed by atoms with Gasteiger partial charge in [0.2, 0.25) is 0 Å². The number of nitrogens with one attached hydrogen (secondary N) is 2. The third kappa shape index (κ3) is 6.89. The van der Waals surface area contributed by atoms with Crippen molar-refractivity contribution in [1.29, 1.82) is 0 Å². The topological polar surface area (TPSA) is 50.4 Å². The zero-order chi connectivity index (χ0) is 19.8. The molecule has 3 aromatic carbocycles. The summed E-state index contributed by atoms with van der Waals surface area (Å²) in [7, 11) is 1.59. The number of amides is 1. The molecule has 0 aliphatic heterocycles. The number of ether oxygens (including phenoxy) is 1. The van der Waals surface area contributed by atoms with Crippen molar-refractivity contribution >= 4 is 24.0 Å². The van der Waals surface area contributed by atoms with Crippen LogP contribution in [0.3, 0.4) is 0 Å². The van der Waals surface area contributed by atoms with E-state index in [0.717, 1.165) is 29.8 Å². The van der Waals surface area contributed by atoms with Gasteiger partial charge in [0, 0.05) is 17.8 Å². The fourth-order valence-corrected chi connectivity index (χ4v) is 2.86. The molecule has 1 amide bonds. The van der Waals surface area contributed by atoms with Crippen molar-refractivity contribution in [3.8, 4) is 5.75 Å². The first kappa shape index (κ1) is 22.4. The van der Waals surface area contributed by atoms with Crippen LogP contribution in [0.4, 0.5) is 10.1 Å². The van der Waals surface area contributed by atoms with Crippen LogP contribution >= 0.6 is 12.4 Å². The minimum Gasteiger partial charge on any atom is -0.497 e. The molecule has 0 aliphatic carbocycles. The van der Waals surface area contributed by atoms with E-state index in [1.807, 2.05) is 30.3 Å². The van der Waals surface area contributed by atoms with Gasteiger partial charge in [-0.2, -0.15) is 0 Å². The second-order valence-electron chi connectivity index (χ2n) is 6.44. The van der Waals surface area contributed by atoms with E-state index in [0.29, 0.717) is 17.9 Å². The molecule has 2 N–H and O–H groups in total. The summed E-state index contributed by atoms with van der Waals surface area (Å²) >= 11 is 0. The van der Waals surface area contributed by atoms with E-state index in [4.69, 9.17) is 4.74 Å². The van der Waals surface area contributed by atoms with Gasteiger partial charge in [0.15, 0.2) is 0 Å². The van der Waals surface area contributed by atoms with E-state index in [9.17, 15) is 9.18 Å². The molecule has 0 saturated carbocycles. The molecule has 0 heterocycles. The van der Waals surface area contributed by atoms with Crippen molar-refractivity contribution in [1.82, 2.24) is 5.32 Å². The Morgan fingerprint density at radius 2 is 1.69 bits per heavy atom. The Kier molecular flexibility index (Phi) is 8.65. The summed E-state index contributed by atoms with van der Waals surface area (Å²) in [6.07, 6.45) is 0.756. The summed E-state index contributed by atoms with van der Waals surface area (Å²) in [5.41, 5.74) is 3.34. The SMILES string of the molecule is COc1ccc(C(=O)Nc2cccc(CNCCc3cccc(F)c3)c2)cc1.Cl. The van der Waals surface area contributed by atoms with Crippen LogP contribution < -0.4 is 15.4 Å². The van der Waals surface area contributed by atoms with E-state index in [-0.39, 0.29) is 24.1 Å². The third-order valence-corrected chi connectivity index (χ3v) is 4.35. The molecule has 0 saturated heterocycles. The molecule has 6 heteroatoms. The van der Waals surface area contributed by atoms with Crippen LogP contribution in [0, 0.1) is 5.82 Å². The van der Waals surface area contributed by atoms with Crippen molar-refractivity contribution in [2.24, 2.45) is 0 Å². The number of benzene rings is 3. The van der Waals surface area contributed by atoms with Crippen molar-refractivity contribution in [3.63, 3.8) is 0 Å². The molecule has 0 fully saturated rings. The highest BCUT2D eigenvalue weighted by Gasteiger charge is 2.06. The zero-order valence-electron chi connectivity index (χ0n) is 16.2. The number of methoxy groups -OCH3 is 1. The Hall–Kier alpha value is -2.89. The van der Waals surface area contributed by atoms with Gasteiger partial charge in [-0.25, -0.2) is 4.39 Å². The van der Waals surface area contributed by atoms with Gasteiger partial charge in [0.1, 0.15) is 11.6 Å². The molecular weight excluding hydrogens is 391 g/mol. The smallest absolute Gasteiger partial charge is 0.255 e. The fraction of sp³-hybridized carbons (Fsp3) is 0.174. The number of hydrogen-bond donors (Lipinski definition) is 2. The molecule has 29 heavy (non-hydrogen) atoms. The van der Waals surface area contributed by atoms with Crippen molar-refractivity contribution < 1.29 is 13.9 Å². The monoisotopic (exact) mass is 414 g/mol. The number of hydrogen-bond acceptors (Lipinski definition) is 3. The minimum absolute atomic E-state index is 0. The number of anilines is 1. The van der Waals surface area contributed by atoms with Crippen LogP contribution in [-0.2, 0) is 13.0 Å². The average molecular weight is 415 g/mol. The molecule has 0 aromatic heterocycles. The molecule has 0 unspecified atom stereocenters. The van der Waals surface area contributed by atoms with E-state index < -0.39 is 0 Å². The average Bonchev–Trinajstić information content (AvgIpc) is 2.72. The first-order valence-electron chi connectivity index (χ1n) is 9.13. The molecule has 3 rings (SSSR count). The normalized spacial score (nSPS) is 10.1. The van der Waals surface area contributed by atoms with Gasteiger partial charge in [-0.05, 0) is 72.6 Å². The predicted octanol–water partition coefficient (Wildman–Crippen LogP) is 4.84. The minimum atomic E-state index is -0.210. The van der Waals surface area contributed by atoms with E-state index in [2.05, 4.69) is 10.6 Å². The first-order chi connectivity index (χ1) is 13.6. The Morgan fingerprint density at radius 3 is 2.41 bits per heavy atom. The zero-order valence-corrected chi connectivity index (χ0v) is 17.0. The highest BCUT2D eigenvalue weighted by molar-refractivity contribution is 6.04. The van der Waals surface area contributed by atoms with Crippen LogP contribution in [0.15, 0.2) is 72.8 Å². The molecule has 4 nitrogen and oxygen atoms in total.